The zero-order chi connectivity index (χ0) is 16.6. The van der Waals surface area contributed by atoms with Crippen LogP contribution in [0, 0.1) is 10.1 Å². The molecule has 1 N–H and O–H groups in total. The Morgan fingerprint density at radius 3 is 1.95 bits per heavy atom. The Morgan fingerprint density at radius 1 is 1.10 bits per heavy atom. The molecule has 0 aliphatic carbocycles. The van der Waals surface area contributed by atoms with Crippen LogP contribution in [0.5, 0.6) is 0 Å². The predicted octanol–water partition coefficient (Wildman–Crippen LogP) is 4.15. The van der Waals surface area contributed by atoms with Crippen LogP contribution < -0.4 is 5.32 Å². The molecule has 0 bridgehead atoms. The third-order valence-electron chi connectivity index (χ3n) is 3.29. The van der Waals surface area contributed by atoms with Crippen molar-refractivity contribution >= 4 is 17.3 Å². The number of amides is 1. The summed E-state index contributed by atoms with van der Waals surface area (Å²) < 4.78 is 0. The molecule has 1 aromatic carbocycles. The van der Waals surface area contributed by atoms with Crippen LogP contribution in [0.25, 0.3) is 0 Å². The zero-order valence-corrected chi connectivity index (χ0v) is 13.8. The number of anilines is 1. The highest BCUT2D eigenvalue weighted by Gasteiger charge is 2.29. The van der Waals surface area contributed by atoms with Gasteiger partial charge in [-0.05, 0) is 22.0 Å². The van der Waals surface area contributed by atoms with Gasteiger partial charge in [0.2, 0.25) is 5.91 Å². The van der Waals surface area contributed by atoms with E-state index in [2.05, 4.69) is 5.32 Å². The zero-order valence-electron chi connectivity index (χ0n) is 13.8. The largest absolute Gasteiger partial charge is 0.320 e. The van der Waals surface area contributed by atoms with E-state index < -0.39 is 4.92 Å². The lowest BCUT2D eigenvalue weighted by Gasteiger charge is -2.27. The van der Waals surface area contributed by atoms with Gasteiger partial charge in [-0.15, -0.1) is 0 Å². The number of benzene rings is 1. The normalized spacial score (nSPS) is 12.1. The van der Waals surface area contributed by atoms with Crippen LogP contribution in [0.2, 0.25) is 0 Å². The third-order valence-corrected chi connectivity index (χ3v) is 3.29. The number of nitro benzene ring substituents is 1. The second kappa shape index (κ2) is 5.47. The number of carbonyl (C=O) groups excluding carboxylic acids is 1. The fourth-order valence-corrected chi connectivity index (χ4v) is 2.10. The van der Waals surface area contributed by atoms with Crippen LogP contribution in [0.4, 0.5) is 11.4 Å². The molecule has 1 rings (SSSR count). The second-order valence-corrected chi connectivity index (χ2v) is 7.36. The van der Waals surface area contributed by atoms with Crippen LogP contribution in [0.3, 0.4) is 0 Å². The lowest BCUT2D eigenvalue weighted by Crippen LogP contribution is -2.21. The van der Waals surface area contributed by atoms with Gasteiger partial charge in [-0.2, -0.15) is 0 Å². The molecule has 116 valence electrons. The van der Waals surface area contributed by atoms with Crippen molar-refractivity contribution in [3.8, 4) is 0 Å². The summed E-state index contributed by atoms with van der Waals surface area (Å²) in [5.41, 5.74) is 1.38. The first-order valence-corrected chi connectivity index (χ1v) is 6.95. The number of nitrogens with zero attached hydrogens (tertiary/aromatic N) is 1. The Bertz CT molecular complexity index is 578. The maximum atomic E-state index is 11.4. The number of hydrogen-bond acceptors (Lipinski definition) is 3. The Hall–Kier alpha value is -1.91. The molecule has 5 nitrogen and oxygen atoms in total. The van der Waals surface area contributed by atoms with Gasteiger partial charge in [0, 0.05) is 13.0 Å². The fourth-order valence-electron chi connectivity index (χ4n) is 2.10. The number of nitrogens with one attached hydrogen (secondary N) is 1. The molecule has 1 aromatic rings. The van der Waals surface area contributed by atoms with Crippen molar-refractivity contribution in [3.05, 3.63) is 33.4 Å². The van der Waals surface area contributed by atoms with E-state index in [0.29, 0.717) is 5.69 Å². The molecule has 1 amide bonds. The van der Waals surface area contributed by atoms with Crippen LogP contribution in [-0.2, 0) is 15.6 Å². The van der Waals surface area contributed by atoms with Gasteiger partial charge in [0.25, 0.3) is 5.69 Å². The molecule has 0 fully saturated rings. The van der Waals surface area contributed by atoms with Gasteiger partial charge in [0.05, 0.1) is 4.92 Å². The molecule has 0 saturated heterocycles. The van der Waals surface area contributed by atoms with Crippen LogP contribution in [-0.4, -0.2) is 10.8 Å². The van der Waals surface area contributed by atoms with Gasteiger partial charge in [0.1, 0.15) is 5.69 Å². The Labute approximate surface area is 125 Å². The molecule has 5 heteroatoms. The summed E-state index contributed by atoms with van der Waals surface area (Å²) in [6.07, 6.45) is 0. The van der Waals surface area contributed by atoms with Gasteiger partial charge in [-0.3, -0.25) is 14.9 Å². The van der Waals surface area contributed by atoms with E-state index in [9.17, 15) is 14.9 Å². The van der Waals surface area contributed by atoms with Crippen molar-refractivity contribution in [3.63, 3.8) is 0 Å². The first kappa shape index (κ1) is 17.1. The molecule has 0 atom stereocenters. The molecule has 0 unspecified atom stereocenters. The Balaban J connectivity index is 3.74. The molecule has 0 aliphatic rings. The molecule has 0 heterocycles. The first-order chi connectivity index (χ1) is 9.34. The van der Waals surface area contributed by atoms with Gasteiger partial charge in [-0.1, -0.05) is 47.6 Å². The number of rotatable bonds is 2. The summed E-state index contributed by atoms with van der Waals surface area (Å²) in [5, 5.41) is 14.0. The van der Waals surface area contributed by atoms with Crippen molar-refractivity contribution in [1.82, 2.24) is 0 Å². The smallest absolute Gasteiger partial charge is 0.293 e. The van der Waals surface area contributed by atoms with Crippen molar-refractivity contribution in [1.29, 1.82) is 0 Å². The number of hydrogen-bond donors (Lipinski definition) is 1. The Kier molecular flexibility index (Phi) is 4.46. The van der Waals surface area contributed by atoms with E-state index >= 15 is 0 Å². The first-order valence-electron chi connectivity index (χ1n) is 6.95. The molecular weight excluding hydrogens is 268 g/mol. The van der Waals surface area contributed by atoms with E-state index in [1.807, 2.05) is 47.6 Å². The van der Waals surface area contributed by atoms with E-state index in [-0.39, 0.29) is 22.4 Å². The van der Waals surface area contributed by atoms with Crippen LogP contribution >= 0.6 is 0 Å². The maximum absolute atomic E-state index is 11.4. The van der Waals surface area contributed by atoms with Crippen molar-refractivity contribution < 1.29 is 9.72 Å². The maximum Gasteiger partial charge on any atom is 0.293 e. The average molecular weight is 292 g/mol. The fraction of sp³-hybridized carbons (Fsp3) is 0.562. The highest BCUT2D eigenvalue weighted by Crippen LogP contribution is 2.40. The summed E-state index contributed by atoms with van der Waals surface area (Å²) in [5.74, 6) is -0.313. The van der Waals surface area contributed by atoms with Gasteiger partial charge < -0.3 is 5.32 Å². The quantitative estimate of drug-likeness (QED) is 0.657. The average Bonchev–Trinajstić information content (AvgIpc) is 2.24. The minimum absolute atomic E-state index is 0.0532. The Morgan fingerprint density at radius 2 is 1.62 bits per heavy atom. The predicted molar refractivity (Wildman–Crippen MR) is 84.8 cm³/mol. The third kappa shape index (κ3) is 4.03. The molecule has 0 radical (unpaired) electrons. The minimum atomic E-state index is -0.435. The van der Waals surface area contributed by atoms with E-state index in [0.717, 1.165) is 11.1 Å². The van der Waals surface area contributed by atoms with Crippen LogP contribution in [0.1, 0.15) is 59.6 Å². The number of nitro groups is 1. The summed E-state index contributed by atoms with van der Waals surface area (Å²) in [7, 11) is 0. The van der Waals surface area contributed by atoms with Crippen molar-refractivity contribution in [2.75, 3.05) is 5.32 Å². The molecule has 0 spiro atoms. The number of carbonyl (C=O) groups is 1. The lowest BCUT2D eigenvalue weighted by atomic mass is 9.79. The highest BCUT2D eigenvalue weighted by atomic mass is 16.6. The summed E-state index contributed by atoms with van der Waals surface area (Å²) in [6, 6.07) is 3.51. The van der Waals surface area contributed by atoms with Crippen molar-refractivity contribution in [2.45, 2.75) is 59.3 Å². The van der Waals surface area contributed by atoms with Gasteiger partial charge >= 0.3 is 0 Å². The second-order valence-electron chi connectivity index (χ2n) is 7.36. The lowest BCUT2D eigenvalue weighted by molar-refractivity contribution is -0.384. The molecule has 0 aromatic heterocycles. The monoisotopic (exact) mass is 292 g/mol. The summed E-state index contributed by atoms with van der Waals surface area (Å²) in [4.78, 5) is 22.4. The van der Waals surface area contributed by atoms with E-state index in [1.54, 1.807) is 6.07 Å². The highest BCUT2D eigenvalue weighted by molar-refractivity contribution is 5.93. The minimum Gasteiger partial charge on any atom is -0.320 e. The van der Waals surface area contributed by atoms with Gasteiger partial charge in [-0.25, -0.2) is 0 Å². The summed E-state index contributed by atoms with van der Waals surface area (Å²) in [6.45, 7) is 13.3. The molecular formula is C16H24N2O3. The van der Waals surface area contributed by atoms with E-state index in [4.69, 9.17) is 0 Å². The summed E-state index contributed by atoms with van der Waals surface area (Å²) >= 11 is 0. The standard InChI is InChI=1S/C16H24N2O3/c1-10(19)17-14-12(16(5,6)7)8-11(15(2,3)4)9-13(14)18(20)21/h8-9H,1-7H3,(H,17,19). The SMILES string of the molecule is CC(=O)Nc1c([N+](=O)[O-])cc(C(C)(C)C)cc1C(C)(C)C. The topological polar surface area (TPSA) is 72.2 Å². The van der Waals surface area contributed by atoms with Gasteiger partial charge in [0.15, 0.2) is 0 Å². The molecule has 0 saturated carbocycles. The van der Waals surface area contributed by atoms with Crippen molar-refractivity contribution in [2.24, 2.45) is 0 Å². The molecule has 21 heavy (non-hydrogen) atoms. The van der Waals surface area contributed by atoms with E-state index in [1.165, 1.54) is 6.92 Å². The molecule has 0 aliphatic heterocycles. The van der Waals surface area contributed by atoms with Crippen LogP contribution in [0.15, 0.2) is 12.1 Å².